The van der Waals surface area contributed by atoms with Crippen LogP contribution in [0.25, 0.3) is 0 Å². The molecule has 1 saturated heterocycles. The third kappa shape index (κ3) is 3.10. The van der Waals surface area contributed by atoms with Crippen molar-refractivity contribution >= 4 is 0 Å². The van der Waals surface area contributed by atoms with Crippen LogP contribution < -0.4 is 0 Å². The van der Waals surface area contributed by atoms with E-state index in [1.807, 2.05) is 19.1 Å². The van der Waals surface area contributed by atoms with Gasteiger partial charge in [-0.3, -0.25) is 0 Å². The highest BCUT2D eigenvalue weighted by molar-refractivity contribution is 4.85. The Balaban J connectivity index is 2.47. The van der Waals surface area contributed by atoms with Crippen LogP contribution in [0.4, 0.5) is 0 Å². The van der Waals surface area contributed by atoms with Crippen molar-refractivity contribution < 1.29 is 9.47 Å². The summed E-state index contributed by atoms with van der Waals surface area (Å²) in [6.07, 6.45) is 7.72. The molecule has 82 valence electrons. The molecule has 1 rings (SSSR count). The minimum atomic E-state index is -0.112. The van der Waals surface area contributed by atoms with E-state index in [1.165, 1.54) is 6.42 Å². The molecule has 2 heteroatoms. The van der Waals surface area contributed by atoms with Gasteiger partial charge in [-0.25, -0.2) is 0 Å². The molecule has 1 aliphatic rings. The van der Waals surface area contributed by atoms with Gasteiger partial charge in [0, 0.05) is 5.92 Å². The Labute approximate surface area is 87.3 Å². The lowest BCUT2D eigenvalue weighted by Crippen LogP contribution is -2.38. The summed E-state index contributed by atoms with van der Waals surface area (Å²) in [5, 5.41) is 0. The number of rotatable bonds is 4. The van der Waals surface area contributed by atoms with E-state index in [0.717, 1.165) is 19.4 Å². The molecular weight excluding hydrogens is 176 g/mol. The summed E-state index contributed by atoms with van der Waals surface area (Å²) < 4.78 is 11.5. The molecule has 0 bridgehead atoms. The standard InChI is InChI=1S/C12H22O2/c1-4-7-11-10(6-3)9-13-12(14-11)8-5-2/h5,8,10-12H,4,6-7,9H2,1-3H3/b8-5+. The molecule has 14 heavy (non-hydrogen) atoms. The zero-order chi connectivity index (χ0) is 10.4. The second-order valence-corrected chi connectivity index (χ2v) is 3.86. The third-order valence-corrected chi connectivity index (χ3v) is 2.76. The van der Waals surface area contributed by atoms with Crippen molar-refractivity contribution in [3.8, 4) is 0 Å². The molecule has 0 amide bonds. The fourth-order valence-electron chi connectivity index (χ4n) is 1.88. The maximum absolute atomic E-state index is 5.86. The SMILES string of the molecule is C/C=C/C1OCC(CC)C(CCC)O1. The van der Waals surface area contributed by atoms with Gasteiger partial charge in [0.25, 0.3) is 0 Å². The minimum Gasteiger partial charge on any atom is -0.349 e. The Morgan fingerprint density at radius 3 is 2.71 bits per heavy atom. The molecule has 1 heterocycles. The first-order valence-corrected chi connectivity index (χ1v) is 5.71. The fraction of sp³-hybridized carbons (Fsp3) is 0.833. The molecule has 0 saturated carbocycles. The first-order valence-electron chi connectivity index (χ1n) is 5.71. The maximum atomic E-state index is 5.86. The molecule has 0 aliphatic carbocycles. The smallest absolute Gasteiger partial charge is 0.177 e. The van der Waals surface area contributed by atoms with Gasteiger partial charge in [0.1, 0.15) is 0 Å². The van der Waals surface area contributed by atoms with E-state index < -0.39 is 0 Å². The van der Waals surface area contributed by atoms with Crippen molar-refractivity contribution in [1.29, 1.82) is 0 Å². The molecule has 0 N–H and O–H groups in total. The van der Waals surface area contributed by atoms with Crippen LogP contribution in [0.2, 0.25) is 0 Å². The van der Waals surface area contributed by atoms with Gasteiger partial charge >= 0.3 is 0 Å². The van der Waals surface area contributed by atoms with Crippen LogP contribution in [0, 0.1) is 5.92 Å². The van der Waals surface area contributed by atoms with Crippen LogP contribution in [-0.4, -0.2) is 19.0 Å². The normalized spacial score (nSPS) is 33.8. The monoisotopic (exact) mass is 198 g/mol. The zero-order valence-corrected chi connectivity index (χ0v) is 9.53. The van der Waals surface area contributed by atoms with Crippen molar-refractivity contribution in [3.05, 3.63) is 12.2 Å². The van der Waals surface area contributed by atoms with E-state index in [4.69, 9.17) is 9.47 Å². The van der Waals surface area contributed by atoms with Crippen molar-refractivity contribution in [3.63, 3.8) is 0 Å². The number of hydrogen-bond donors (Lipinski definition) is 0. The van der Waals surface area contributed by atoms with Gasteiger partial charge in [-0.15, -0.1) is 0 Å². The average Bonchev–Trinajstić information content (AvgIpc) is 2.19. The highest BCUT2D eigenvalue weighted by Gasteiger charge is 2.28. The lowest BCUT2D eigenvalue weighted by molar-refractivity contribution is -0.215. The zero-order valence-electron chi connectivity index (χ0n) is 9.53. The van der Waals surface area contributed by atoms with Gasteiger partial charge in [-0.1, -0.05) is 26.3 Å². The lowest BCUT2D eigenvalue weighted by Gasteiger charge is -2.35. The topological polar surface area (TPSA) is 18.5 Å². The molecule has 1 fully saturated rings. The van der Waals surface area contributed by atoms with Crippen LogP contribution in [-0.2, 0) is 9.47 Å². The van der Waals surface area contributed by atoms with Crippen LogP contribution in [0.3, 0.4) is 0 Å². The number of allylic oxidation sites excluding steroid dienone is 1. The van der Waals surface area contributed by atoms with E-state index in [-0.39, 0.29) is 6.29 Å². The van der Waals surface area contributed by atoms with Crippen LogP contribution >= 0.6 is 0 Å². The number of ether oxygens (including phenoxy) is 2. The molecule has 1 aliphatic heterocycles. The molecule has 0 aromatic carbocycles. The maximum Gasteiger partial charge on any atom is 0.177 e. The Morgan fingerprint density at radius 2 is 2.14 bits per heavy atom. The van der Waals surface area contributed by atoms with Gasteiger partial charge < -0.3 is 9.47 Å². The Bertz CT molecular complexity index is 177. The molecule has 0 spiro atoms. The van der Waals surface area contributed by atoms with Crippen molar-refractivity contribution in [2.24, 2.45) is 5.92 Å². The van der Waals surface area contributed by atoms with Crippen LogP contribution in [0.15, 0.2) is 12.2 Å². The second-order valence-electron chi connectivity index (χ2n) is 3.86. The molecule has 3 unspecified atom stereocenters. The largest absolute Gasteiger partial charge is 0.349 e. The number of hydrogen-bond acceptors (Lipinski definition) is 2. The van der Waals surface area contributed by atoms with Crippen molar-refractivity contribution in [2.45, 2.75) is 52.4 Å². The average molecular weight is 198 g/mol. The first kappa shape index (κ1) is 11.7. The third-order valence-electron chi connectivity index (χ3n) is 2.76. The van der Waals surface area contributed by atoms with Crippen LogP contribution in [0.1, 0.15) is 40.0 Å². The predicted octanol–water partition coefficient (Wildman–Crippen LogP) is 3.13. The molecule has 0 aromatic heterocycles. The van der Waals surface area contributed by atoms with Crippen LogP contribution in [0.5, 0.6) is 0 Å². The highest BCUT2D eigenvalue weighted by Crippen LogP contribution is 2.25. The molecular formula is C12H22O2. The molecule has 2 nitrogen and oxygen atoms in total. The van der Waals surface area contributed by atoms with Gasteiger partial charge in [-0.2, -0.15) is 0 Å². The van der Waals surface area contributed by atoms with Gasteiger partial charge in [-0.05, 0) is 25.8 Å². The van der Waals surface area contributed by atoms with E-state index in [2.05, 4.69) is 13.8 Å². The Kier molecular flexibility index (Phi) is 5.20. The molecule has 0 aromatic rings. The lowest BCUT2D eigenvalue weighted by atomic mass is 9.96. The van der Waals surface area contributed by atoms with Gasteiger partial charge in [0.15, 0.2) is 6.29 Å². The van der Waals surface area contributed by atoms with Gasteiger partial charge in [0.05, 0.1) is 12.7 Å². The van der Waals surface area contributed by atoms with E-state index in [1.54, 1.807) is 0 Å². The summed E-state index contributed by atoms with van der Waals surface area (Å²) in [5.74, 6) is 0.580. The molecule has 0 radical (unpaired) electrons. The van der Waals surface area contributed by atoms with Crippen molar-refractivity contribution in [2.75, 3.05) is 6.61 Å². The fourth-order valence-corrected chi connectivity index (χ4v) is 1.88. The minimum absolute atomic E-state index is 0.112. The van der Waals surface area contributed by atoms with Crippen molar-refractivity contribution in [1.82, 2.24) is 0 Å². The predicted molar refractivity (Wildman–Crippen MR) is 58.1 cm³/mol. The summed E-state index contributed by atoms with van der Waals surface area (Å²) in [6, 6.07) is 0. The van der Waals surface area contributed by atoms with Gasteiger partial charge in [0.2, 0.25) is 0 Å². The summed E-state index contributed by atoms with van der Waals surface area (Å²) in [5.41, 5.74) is 0. The van der Waals surface area contributed by atoms with E-state index in [9.17, 15) is 0 Å². The van der Waals surface area contributed by atoms with E-state index >= 15 is 0 Å². The summed E-state index contributed by atoms with van der Waals surface area (Å²) in [6.45, 7) is 7.25. The first-order chi connectivity index (χ1) is 6.81. The Morgan fingerprint density at radius 1 is 1.36 bits per heavy atom. The quantitative estimate of drug-likeness (QED) is 0.646. The van der Waals surface area contributed by atoms with E-state index in [0.29, 0.717) is 12.0 Å². The molecule has 3 atom stereocenters. The second kappa shape index (κ2) is 6.20. The summed E-state index contributed by atoms with van der Waals surface area (Å²) in [7, 11) is 0. The Hall–Kier alpha value is -0.340. The highest BCUT2D eigenvalue weighted by atomic mass is 16.7. The summed E-state index contributed by atoms with van der Waals surface area (Å²) >= 11 is 0. The summed E-state index contributed by atoms with van der Waals surface area (Å²) in [4.78, 5) is 0.